The summed E-state index contributed by atoms with van der Waals surface area (Å²) in [4.78, 5) is 26.0. The Morgan fingerprint density at radius 3 is 2.50 bits per heavy atom. The first-order chi connectivity index (χ1) is 11.6. The van der Waals surface area contributed by atoms with Gasteiger partial charge in [0.15, 0.2) is 12.4 Å². The van der Waals surface area contributed by atoms with E-state index in [1.54, 1.807) is 6.20 Å². The third kappa shape index (κ3) is 3.46. The lowest BCUT2D eigenvalue weighted by Crippen LogP contribution is -2.05. The summed E-state index contributed by atoms with van der Waals surface area (Å²) >= 11 is 0. The number of carbonyl (C=O) groups excluding carboxylic acids is 1. The quantitative estimate of drug-likeness (QED) is 0.404. The zero-order valence-electron chi connectivity index (χ0n) is 12.4. The van der Waals surface area contributed by atoms with Crippen LogP contribution in [-0.4, -0.2) is 15.9 Å². The second-order valence-corrected chi connectivity index (χ2v) is 4.86. The van der Waals surface area contributed by atoms with Gasteiger partial charge >= 0.3 is 5.97 Å². The number of hydrogen-bond donors (Lipinski definition) is 0. The van der Waals surface area contributed by atoms with E-state index in [0.29, 0.717) is 5.76 Å². The molecule has 1 heterocycles. The maximum absolute atomic E-state index is 11.9. The van der Waals surface area contributed by atoms with Crippen molar-refractivity contribution >= 4 is 11.7 Å². The Morgan fingerprint density at radius 2 is 1.83 bits per heavy atom. The lowest BCUT2D eigenvalue weighted by Gasteiger charge is -2.02. The summed E-state index contributed by atoms with van der Waals surface area (Å²) in [6.07, 6.45) is 1.56. The van der Waals surface area contributed by atoms with Crippen LogP contribution in [0.1, 0.15) is 16.2 Å². The van der Waals surface area contributed by atoms with Crippen molar-refractivity contribution in [2.45, 2.75) is 6.61 Å². The Bertz CT molecular complexity index is 856. The number of nitrogens with zero attached hydrogens (tertiary/aromatic N) is 2. The number of aromatic nitrogens is 1. The third-order valence-electron chi connectivity index (χ3n) is 3.25. The van der Waals surface area contributed by atoms with Gasteiger partial charge in [-0.3, -0.25) is 10.1 Å². The van der Waals surface area contributed by atoms with Crippen molar-refractivity contribution in [2.24, 2.45) is 0 Å². The second kappa shape index (κ2) is 6.74. The van der Waals surface area contributed by atoms with Crippen LogP contribution in [0.4, 0.5) is 5.69 Å². The fraction of sp³-hybridized carbons (Fsp3) is 0.0588. The molecule has 24 heavy (non-hydrogen) atoms. The zero-order chi connectivity index (χ0) is 16.9. The summed E-state index contributed by atoms with van der Waals surface area (Å²) in [5.74, 6) is 0.241. The van der Waals surface area contributed by atoms with Gasteiger partial charge in [-0.25, -0.2) is 9.78 Å². The third-order valence-corrected chi connectivity index (χ3v) is 3.25. The van der Waals surface area contributed by atoms with Crippen molar-refractivity contribution in [3.63, 3.8) is 0 Å². The van der Waals surface area contributed by atoms with E-state index in [9.17, 15) is 14.9 Å². The number of rotatable bonds is 5. The van der Waals surface area contributed by atoms with Crippen molar-refractivity contribution in [1.29, 1.82) is 0 Å². The number of nitro benzene ring substituents is 1. The number of ether oxygens (including phenoxy) is 1. The van der Waals surface area contributed by atoms with Gasteiger partial charge in [-0.05, 0) is 12.1 Å². The van der Waals surface area contributed by atoms with Crippen molar-refractivity contribution < 1.29 is 18.9 Å². The maximum atomic E-state index is 11.9. The highest BCUT2D eigenvalue weighted by atomic mass is 16.6. The largest absolute Gasteiger partial charge is 0.452 e. The summed E-state index contributed by atoms with van der Waals surface area (Å²) in [5, 5.41) is 10.6. The van der Waals surface area contributed by atoms with Gasteiger partial charge in [-0.1, -0.05) is 30.3 Å². The average molecular weight is 324 g/mol. The van der Waals surface area contributed by atoms with Crippen LogP contribution in [0, 0.1) is 10.1 Å². The molecule has 3 rings (SSSR count). The Balaban J connectivity index is 1.62. The smallest absolute Gasteiger partial charge is 0.338 e. The molecule has 1 aromatic heterocycles. The minimum atomic E-state index is -0.607. The molecule has 0 radical (unpaired) electrons. The van der Waals surface area contributed by atoms with Gasteiger partial charge in [0.1, 0.15) is 0 Å². The van der Waals surface area contributed by atoms with Gasteiger partial charge in [-0.2, -0.15) is 0 Å². The molecule has 0 bridgehead atoms. The van der Waals surface area contributed by atoms with Crippen LogP contribution in [0.25, 0.3) is 11.3 Å². The molecule has 0 fully saturated rings. The molecule has 0 unspecified atom stereocenters. The molecule has 3 aromatic rings. The van der Waals surface area contributed by atoms with Crippen LogP contribution in [-0.2, 0) is 11.3 Å². The molecule has 0 spiro atoms. The van der Waals surface area contributed by atoms with Gasteiger partial charge in [0.05, 0.1) is 16.7 Å². The Morgan fingerprint density at radius 1 is 1.12 bits per heavy atom. The summed E-state index contributed by atoms with van der Waals surface area (Å²) in [5.41, 5.74) is 1.00. The van der Waals surface area contributed by atoms with E-state index in [1.807, 2.05) is 30.3 Å². The summed E-state index contributed by atoms with van der Waals surface area (Å²) in [7, 11) is 0. The van der Waals surface area contributed by atoms with E-state index in [1.165, 1.54) is 24.3 Å². The molecule has 0 saturated heterocycles. The Kier molecular flexibility index (Phi) is 4.33. The van der Waals surface area contributed by atoms with Gasteiger partial charge < -0.3 is 9.15 Å². The van der Waals surface area contributed by atoms with Gasteiger partial charge in [0.25, 0.3) is 5.69 Å². The molecule has 0 aliphatic rings. The van der Waals surface area contributed by atoms with Crippen LogP contribution < -0.4 is 0 Å². The van der Waals surface area contributed by atoms with Crippen LogP contribution in [0.5, 0.6) is 0 Å². The fourth-order valence-corrected chi connectivity index (χ4v) is 2.04. The molecule has 120 valence electrons. The average Bonchev–Trinajstić information content (AvgIpc) is 3.09. The lowest BCUT2D eigenvalue weighted by molar-refractivity contribution is -0.384. The van der Waals surface area contributed by atoms with E-state index in [4.69, 9.17) is 9.15 Å². The van der Waals surface area contributed by atoms with E-state index in [0.717, 1.165) is 5.56 Å². The van der Waals surface area contributed by atoms with Crippen molar-refractivity contribution in [3.8, 4) is 11.3 Å². The number of hydrogen-bond acceptors (Lipinski definition) is 6. The molecule has 0 aliphatic carbocycles. The number of carbonyl (C=O) groups is 1. The summed E-state index contributed by atoms with van der Waals surface area (Å²) in [6, 6.07) is 14.6. The normalized spacial score (nSPS) is 10.3. The van der Waals surface area contributed by atoms with Gasteiger partial charge in [0.2, 0.25) is 5.89 Å². The molecule has 0 N–H and O–H groups in total. The minimum absolute atomic E-state index is 0.0910. The highest BCUT2D eigenvalue weighted by Gasteiger charge is 2.13. The Hall–Kier alpha value is -3.48. The molecule has 0 amide bonds. The second-order valence-electron chi connectivity index (χ2n) is 4.86. The highest BCUT2D eigenvalue weighted by molar-refractivity contribution is 5.89. The van der Waals surface area contributed by atoms with Gasteiger partial charge in [0, 0.05) is 17.7 Å². The fourth-order valence-electron chi connectivity index (χ4n) is 2.04. The number of nitro groups is 1. The SMILES string of the molecule is O=C(OCc1ncc(-c2ccccc2)o1)c1ccc([N+](=O)[O-])cc1. The number of esters is 1. The molecule has 2 aromatic carbocycles. The van der Waals surface area contributed by atoms with Crippen LogP contribution in [0.2, 0.25) is 0 Å². The maximum Gasteiger partial charge on any atom is 0.338 e. The molecular weight excluding hydrogens is 312 g/mol. The zero-order valence-corrected chi connectivity index (χ0v) is 12.4. The topological polar surface area (TPSA) is 95.5 Å². The Labute approximate surface area is 136 Å². The van der Waals surface area contributed by atoms with E-state index in [2.05, 4.69) is 4.98 Å². The van der Waals surface area contributed by atoms with Crippen LogP contribution in [0.3, 0.4) is 0 Å². The first-order valence-corrected chi connectivity index (χ1v) is 7.05. The van der Waals surface area contributed by atoms with Crippen molar-refractivity contribution in [1.82, 2.24) is 4.98 Å². The first kappa shape index (κ1) is 15.4. The summed E-state index contributed by atoms with van der Waals surface area (Å²) < 4.78 is 10.6. The predicted molar refractivity (Wildman–Crippen MR) is 84.2 cm³/mol. The van der Waals surface area contributed by atoms with Crippen LogP contribution >= 0.6 is 0 Å². The number of benzene rings is 2. The van der Waals surface area contributed by atoms with E-state index in [-0.39, 0.29) is 23.7 Å². The molecule has 7 nitrogen and oxygen atoms in total. The summed E-state index contributed by atoms with van der Waals surface area (Å²) in [6.45, 7) is -0.122. The van der Waals surface area contributed by atoms with Crippen molar-refractivity contribution in [3.05, 3.63) is 82.4 Å². The monoisotopic (exact) mass is 324 g/mol. The molecule has 0 saturated carbocycles. The van der Waals surface area contributed by atoms with Crippen molar-refractivity contribution in [2.75, 3.05) is 0 Å². The first-order valence-electron chi connectivity index (χ1n) is 7.05. The predicted octanol–water partition coefficient (Wildman–Crippen LogP) is 3.61. The highest BCUT2D eigenvalue weighted by Crippen LogP contribution is 2.20. The molecular formula is C17H12N2O5. The number of non-ortho nitro benzene ring substituents is 1. The number of oxazole rings is 1. The van der Waals surface area contributed by atoms with Crippen LogP contribution in [0.15, 0.2) is 65.2 Å². The van der Waals surface area contributed by atoms with E-state index >= 15 is 0 Å². The molecule has 0 aliphatic heterocycles. The lowest BCUT2D eigenvalue weighted by atomic mass is 10.2. The standard InChI is InChI=1S/C17H12N2O5/c20-17(13-6-8-14(9-7-13)19(21)22)23-11-16-18-10-15(24-16)12-4-2-1-3-5-12/h1-10H,11H2. The van der Waals surface area contributed by atoms with Gasteiger partial charge in [-0.15, -0.1) is 0 Å². The molecule has 0 atom stereocenters. The minimum Gasteiger partial charge on any atom is -0.452 e. The van der Waals surface area contributed by atoms with E-state index < -0.39 is 10.9 Å². The molecule has 7 heteroatoms.